The second-order valence-electron chi connectivity index (χ2n) is 5.91. The van der Waals surface area contributed by atoms with E-state index in [9.17, 15) is 9.59 Å². The Bertz CT molecular complexity index is 817. The number of halogens is 1. The van der Waals surface area contributed by atoms with Gasteiger partial charge in [-0.2, -0.15) is 0 Å². The van der Waals surface area contributed by atoms with Crippen LogP contribution in [-0.4, -0.2) is 18.4 Å². The van der Waals surface area contributed by atoms with Crippen LogP contribution in [0.5, 0.6) is 0 Å². The van der Waals surface area contributed by atoms with Crippen molar-refractivity contribution >= 4 is 39.1 Å². The molecule has 1 aliphatic rings. The molecule has 0 aromatic heterocycles. The van der Waals surface area contributed by atoms with Gasteiger partial charge in [0, 0.05) is 34.4 Å². The molecule has 0 aliphatic carbocycles. The number of carbonyl (C=O) groups excluding carboxylic acids is 2. The molecule has 0 saturated carbocycles. The van der Waals surface area contributed by atoms with Gasteiger partial charge in [-0.05, 0) is 54.8 Å². The molecule has 4 nitrogen and oxygen atoms in total. The zero-order chi connectivity index (χ0) is 17.3. The van der Waals surface area contributed by atoms with Gasteiger partial charge in [0.25, 0.3) is 5.91 Å². The average Bonchev–Trinajstić information content (AvgIpc) is 3.00. The Morgan fingerprint density at radius 2 is 2.00 bits per heavy atom. The van der Waals surface area contributed by atoms with E-state index in [0.29, 0.717) is 18.5 Å². The first-order chi connectivity index (χ1) is 11.5. The zero-order valence-corrected chi connectivity index (χ0v) is 15.3. The fraction of sp³-hybridized carbons (Fsp3) is 0.263. The van der Waals surface area contributed by atoms with E-state index in [1.807, 2.05) is 44.2 Å². The lowest BCUT2D eigenvalue weighted by molar-refractivity contribution is -0.118. The Kier molecular flexibility index (Phi) is 4.71. The molecule has 0 atom stereocenters. The summed E-state index contributed by atoms with van der Waals surface area (Å²) >= 11 is 3.47. The van der Waals surface area contributed by atoms with Gasteiger partial charge in [-0.25, -0.2) is 0 Å². The van der Waals surface area contributed by atoms with Gasteiger partial charge in [0.2, 0.25) is 5.91 Å². The van der Waals surface area contributed by atoms with Gasteiger partial charge in [-0.3, -0.25) is 9.59 Å². The fourth-order valence-corrected chi connectivity index (χ4v) is 3.25. The normalized spacial score (nSPS) is 12.9. The van der Waals surface area contributed by atoms with Gasteiger partial charge in [-0.1, -0.05) is 28.9 Å². The lowest BCUT2D eigenvalue weighted by Crippen LogP contribution is -2.27. The highest BCUT2D eigenvalue weighted by molar-refractivity contribution is 9.10. The molecule has 0 saturated heterocycles. The average molecular weight is 387 g/mol. The molecule has 5 heteroatoms. The molecule has 0 bridgehead atoms. The summed E-state index contributed by atoms with van der Waals surface area (Å²) in [6, 6.07) is 11.3. The number of hydrogen-bond donors (Lipinski definition) is 1. The summed E-state index contributed by atoms with van der Waals surface area (Å²) in [5, 5.41) is 2.91. The number of rotatable bonds is 3. The number of anilines is 2. The third kappa shape index (κ3) is 3.22. The predicted molar refractivity (Wildman–Crippen MR) is 99.6 cm³/mol. The minimum Gasteiger partial charge on any atom is -0.322 e. The molecular weight excluding hydrogens is 368 g/mol. The van der Waals surface area contributed by atoms with E-state index in [1.54, 1.807) is 11.0 Å². The lowest BCUT2D eigenvalue weighted by Gasteiger charge is -2.16. The van der Waals surface area contributed by atoms with Crippen LogP contribution in [0.4, 0.5) is 11.4 Å². The first kappa shape index (κ1) is 16.7. The van der Waals surface area contributed by atoms with E-state index in [1.165, 1.54) is 0 Å². The molecule has 1 N–H and O–H groups in total. The molecule has 0 unspecified atom stereocenters. The number of nitrogens with one attached hydrogen (secondary N) is 1. The highest BCUT2D eigenvalue weighted by Crippen LogP contribution is 2.30. The molecule has 2 aromatic carbocycles. The largest absolute Gasteiger partial charge is 0.322 e. The van der Waals surface area contributed by atoms with Crippen molar-refractivity contribution in [2.75, 3.05) is 16.8 Å². The number of amides is 2. The molecule has 24 heavy (non-hydrogen) atoms. The Balaban J connectivity index is 1.79. The molecule has 1 aliphatic heterocycles. The maximum atomic E-state index is 12.5. The van der Waals surface area contributed by atoms with E-state index < -0.39 is 0 Å². The van der Waals surface area contributed by atoms with Crippen molar-refractivity contribution in [1.82, 2.24) is 0 Å². The van der Waals surface area contributed by atoms with E-state index in [0.717, 1.165) is 33.4 Å². The minimum atomic E-state index is -0.145. The summed E-state index contributed by atoms with van der Waals surface area (Å²) in [7, 11) is 0. The number of hydrogen-bond acceptors (Lipinski definition) is 2. The topological polar surface area (TPSA) is 49.4 Å². The molecule has 1 heterocycles. The molecule has 0 radical (unpaired) electrons. The highest BCUT2D eigenvalue weighted by Gasteiger charge is 2.24. The molecule has 0 fully saturated rings. The monoisotopic (exact) mass is 386 g/mol. The van der Waals surface area contributed by atoms with Crippen molar-refractivity contribution in [2.24, 2.45) is 0 Å². The molecule has 2 aromatic rings. The van der Waals surface area contributed by atoms with Crippen LogP contribution in [-0.2, 0) is 11.2 Å². The highest BCUT2D eigenvalue weighted by atomic mass is 79.9. The van der Waals surface area contributed by atoms with Crippen molar-refractivity contribution in [1.29, 1.82) is 0 Å². The number of nitrogens with zero attached hydrogens (tertiary/aromatic N) is 1. The van der Waals surface area contributed by atoms with Crippen LogP contribution in [0.25, 0.3) is 0 Å². The SMILES string of the molecule is CCC(=O)N1CCc2cc(C(=O)Nc3ccc(C)c(Br)c3)ccc21. The van der Waals surface area contributed by atoms with Gasteiger partial charge in [0.1, 0.15) is 0 Å². The van der Waals surface area contributed by atoms with E-state index in [2.05, 4.69) is 21.2 Å². The second kappa shape index (κ2) is 6.77. The van der Waals surface area contributed by atoms with Gasteiger partial charge >= 0.3 is 0 Å². The maximum absolute atomic E-state index is 12.5. The van der Waals surface area contributed by atoms with Crippen LogP contribution in [0.2, 0.25) is 0 Å². The van der Waals surface area contributed by atoms with E-state index in [-0.39, 0.29) is 11.8 Å². The quantitative estimate of drug-likeness (QED) is 0.854. The van der Waals surface area contributed by atoms with Crippen molar-refractivity contribution in [3.8, 4) is 0 Å². The number of carbonyl (C=O) groups is 2. The van der Waals surface area contributed by atoms with Crippen molar-refractivity contribution in [2.45, 2.75) is 26.7 Å². The van der Waals surface area contributed by atoms with Crippen LogP contribution in [0.1, 0.15) is 34.8 Å². The summed E-state index contributed by atoms with van der Waals surface area (Å²) in [6.07, 6.45) is 1.28. The van der Waals surface area contributed by atoms with Crippen LogP contribution >= 0.6 is 15.9 Å². The Morgan fingerprint density at radius 3 is 2.71 bits per heavy atom. The smallest absolute Gasteiger partial charge is 0.255 e. The van der Waals surface area contributed by atoms with Crippen molar-refractivity contribution in [3.05, 3.63) is 57.6 Å². The fourth-order valence-electron chi connectivity index (χ4n) is 2.87. The standard InChI is InChI=1S/C19H19BrN2O2/c1-3-18(23)22-9-8-13-10-14(5-7-17(13)22)19(24)21-15-6-4-12(2)16(20)11-15/h4-7,10-11H,3,8-9H2,1-2H3,(H,21,24). The van der Waals surface area contributed by atoms with E-state index >= 15 is 0 Å². The van der Waals surface area contributed by atoms with Crippen LogP contribution in [0.15, 0.2) is 40.9 Å². The van der Waals surface area contributed by atoms with Gasteiger partial charge in [0.05, 0.1) is 0 Å². The lowest BCUT2D eigenvalue weighted by atomic mass is 10.1. The second-order valence-corrected chi connectivity index (χ2v) is 6.76. The van der Waals surface area contributed by atoms with Crippen LogP contribution in [0.3, 0.4) is 0 Å². The third-order valence-electron chi connectivity index (χ3n) is 4.27. The van der Waals surface area contributed by atoms with Crippen molar-refractivity contribution in [3.63, 3.8) is 0 Å². The van der Waals surface area contributed by atoms with E-state index in [4.69, 9.17) is 0 Å². The van der Waals surface area contributed by atoms with Gasteiger partial charge in [0.15, 0.2) is 0 Å². The summed E-state index contributed by atoms with van der Waals surface area (Å²) in [6.45, 7) is 4.55. The zero-order valence-electron chi connectivity index (χ0n) is 13.7. The minimum absolute atomic E-state index is 0.121. The third-order valence-corrected chi connectivity index (χ3v) is 5.12. The van der Waals surface area contributed by atoms with Crippen LogP contribution in [0, 0.1) is 6.92 Å². The first-order valence-electron chi connectivity index (χ1n) is 8.00. The number of aryl methyl sites for hydroxylation is 1. The summed E-state index contributed by atoms with van der Waals surface area (Å²) < 4.78 is 0.961. The molecule has 0 spiro atoms. The summed E-state index contributed by atoms with van der Waals surface area (Å²) in [4.78, 5) is 26.2. The number of benzene rings is 2. The van der Waals surface area contributed by atoms with Crippen molar-refractivity contribution < 1.29 is 9.59 Å². The number of fused-ring (bicyclic) bond motifs is 1. The summed E-state index contributed by atoms with van der Waals surface area (Å²) in [5.74, 6) is -0.0238. The Hall–Kier alpha value is -2.14. The molecular formula is C19H19BrN2O2. The first-order valence-corrected chi connectivity index (χ1v) is 8.79. The summed E-state index contributed by atoms with van der Waals surface area (Å²) in [5.41, 5.74) is 4.45. The molecule has 3 rings (SSSR count). The Labute approximate surface area is 150 Å². The van der Waals surface area contributed by atoms with Crippen LogP contribution < -0.4 is 10.2 Å². The maximum Gasteiger partial charge on any atom is 0.255 e. The van der Waals surface area contributed by atoms with Gasteiger partial charge < -0.3 is 10.2 Å². The predicted octanol–water partition coefficient (Wildman–Crippen LogP) is 4.31. The Morgan fingerprint density at radius 1 is 1.21 bits per heavy atom. The van der Waals surface area contributed by atoms with Gasteiger partial charge in [-0.15, -0.1) is 0 Å². The molecule has 2 amide bonds. The molecule has 124 valence electrons.